The summed E-state index contributed by atoms with van der Waals surface area (Å²) in [5.74, 6) is -1.28. The number of nitrogens with zero attached hydrogens (tertiary/aromatic N) is 1. The van der Waals surface area contributed by atoms with Gasteiger partial charge >= 0.3 is 12.1 Å². The summed E-state index contributed by atoms with van der Waals surface area (Å²) in [5, 5.41) is 12.6. The SMILES string of the molecule is C=C[C@@H]1C[C@]1(NC(=O)[C@@H]1C[C@@H](O)CN1C(=O)OC(C)(C)C)C(=O)OC. The molecule has 1 aliphatic carbocycles. The van der Waals surface area contributed by atoms with Gasteiger partial charge in [-0.3, -0.25) is 9.69 Å². The molecule has 0 bridgehead atoms. The fourth-order valence-electron chi connectivity index (χ4n) is 3.07. The van der Waals surface area contributed by atoms with Gasteiger partial charge in [-0.2, -0.15) is 0 Å². The fraction of sp³-hybridized carbons (Fsp3) is 0.706. The number of carbonyl (C=O) groups is 3. The molecular formula is C17H26N2O6. The Morgan fingerprint density at radius 1 is 1.36 bits per heavy atom. The van der Waals surface area contributed by atoms with E-state index in [0.29, 0.717) is 6.42 Å². The highest BCUT2D eigenvalue weighted by atomic mass is 16.6. The minimum Gasteiger partial charge on any atom is -0.467 e. The predicted octanol–water partition coefficient (Wildman–Crippen LogP) is 0.591. The number of ether oxygens (including phenoxy) is 2. The molecule has 0 spiro atoms. The topological polar surface area (TPSA) is 105 Å². The number of carbonyl (C=O) groups excluding carboxylic acids is 3. The first-order chi connectivity index (χ1) is 11.5. The monoisotopic (exact) mass is 354 g/mol. The van der Waals surface area contributed by atoms with Gasteiger partial charge in [0.05, 0.1) is 19.8 Å². The van der Waals surface area contributed by atoms with E-state index in [4.69, 9.17) is 9.47 Å². The van der Waals surface area contributed by atoms with Crippen LogP contribution in [0.1, 0.15) is 33.6 Å². The Bertz CT molecular complexity index is 584. The third kappa shape index (κ3) is 3.95. The summed E-state index contributed by atoms with van der Waals surface area (Å²) < 4.78 is 10.1. The molecule has 140 valence electrons. The van der Waals surface area contributed by atoms with E-state index < -0.39 is 41.3 Å². The largest absolute Gasteiger partial charge is 0.467 e. The Balaban J connectivity index is 2.12. The van der Waals surface area contributed by atoms with Crippen LogP contribution in [0.4, 0.5) is 4.79 Å². The molecule has 2 amide bonds. The first-order valence-corrected chi connectivity index (χ1v) is 8.24. The number of nitrogens with one attached hydrogen (secondary N) is 1. The van der Waals surface area contributed by atoms with Crippen molar-refractivity contribution >= 4 is 18.0 Å². The van der Waals surface area contributed by atoms with Crippen molar-refractivity contribution in [3.05, 3.63) is 12.7 Å². The number of hydrogen-bond donors (Lipinski definition) is 2. The normalized spacial score (nSPS) is 31.2. The van der Waals surface area contributed by atoms with Gasteiger partial charge in [0.15, 0.2) is 0 Å². The quantitative estimate of drug-likeness (QED) is 0.565. The molecule has 1 aliphatic heterocycles. The Kier molecular flexibility index (Phi) is 5.13. The third-order valence-electron chi connectivity index (χ3n) is 4.40. The van der Waals surface area contributed by atoms with E-state index in [-0.39, 0.29) is 18.9 Å². The molecular weight excluding hydrogens is 328 g/mol. The van der Waals surface area contributed by atoms with E-state index in [1.165, 1.54) is 12.0 Å². The molecule has 2 fully saturated rings. The zero-order chi connectivity index (χ0) is 19.0. The van der Waals surface area contributed by atoms with Crippen LogP contribution in [0.25, 0.3) is 0 Å². The van der Waals surface area contributed by atoms with Crippen molar-refractivity contribution in [3.8, 4) is 0 Å². The maximum atomic E-state index is 12.7. The molecule has 1 saturated carbocycles. The molecule has 8 nitrogen and oxygen atoms in total. The van der Waals surface area contributed by atoms with Crippen molar-refractivity contribution in [2.24, 2.45) is 5.92 Å². The molecule has 1 saturated heterocycles. The van der Waals surface area contributed by atoms with Crippen LogP contribution in [-0.4, -0.2) is 64.9 Å². The van der Waals surface area contributed by atoms with Gasteiger partial charge in [-0.1, -0.05) is 6.08 Å². The number of hydrogen-bond acceptors (Lipinski definition) is 6. The van der Waals surface area contributed by atoms with Gasteiger partial charge in [0, 0.05) is 12.3 Å². The van der Waals surface area contributed by atoms with E-state index in [2.05, 4.69) is 11.9 Å². The highest BCUT2D eigenvalue weighted by molar-refractivity contribution is 5.94. The second-order valence-corrected chi connectivity index (χ2v) is 7.54. The molecule has 25 heavy (non-hydrogen) atoms. The van der Waals surface area contributed by atoms with Gasteiger partial charge in [-0.25, -0.2) is 9.59 Å². The lowest BCUT2D eigenvalue weighted by Gasteiger charge is -2.28. The minimum atomic E-state index is -1.14. The molecule has 0 unspecified atom stereocenters. The van der Waals surface area contributed by atoms with Crippen LogP contribution in [0, 0.1) is 5.92 Å². The van der Waals surface area contributed by atoms with Gasteiger partial charge < -0.3 is 19.9 Å². The number of aliphatic hydroxyl groups excluding tert-OH is 1. The van der Waals surface area contributed by atoms with Crippen molar-refractivity contribution in [3.63, 3.8) is 0 Å². The standard InChI is InChI=1S/C17H26N2O6/c1-6-10-8-17(10,14(22)24-5)18-13(21)12-7-11(20)9-19(12)15(23)25-16(2,3)4/h6,10-12,20H,1,7-9H2,2-5H3,(H,18,21)/t10-,11-,12+,17-/m1/s1. The highest BCUT2D eigenvalue weighted by Gasteiger charge is 2.61. The van der Waals surface area contributed by atoms with Crippen molar-refractivity contribution in [1.82, 2.24) is 10.2 Å². The van der Waals surface area contributed by atoms with Gasteiger partial charge in [0.1, 0.15) is 17.2 Å². The molecule has 2 rings (SSSR count). The summed E-state index contributed by atoms with van der Waals surface area (Å²) in [4.78, 5) is 38.3. The zero-order valence-electron chi connectivity index (χ0n) is 15.1. The maximum absolute atomic E-state index is 12.7. The Hall–Kier alpha value is -2.09. The smallest absolute Gasteiger partial charge is 0.411 e. The lowest BCUT2D eigenvalue weighted by molar-refractivity contribution is -0.147. The van der Waals surface area contributed by atoms with Crippen molar-refractivity contribution in [2.45, 2.75) is 56.9 Å². The average molecular weight is 354 g/mol. The summed E-state index contributed by atoms with van der Waals surface area (Å²) in [6.45, 7) is 8.81. The molecule has 2 N–H and O–H groups in total. The van der Waals surface area contributed by atoms with Crippen LogP contribution < -0.4 is 5.32 Å². The molecule has 0 radical (unpaired) electrons. The van der Waals surface area contributed by atoms with Crippen molar-refractivity contribution in [2.75, 3.05) is 13.7 Å². The van der Waals surface area contributed by atoms with E-state index in [9.17, 15) is 19.5 Å². The molecule has 4 atom stereocenters. The Morgan fingerprint density at radius 2 is 2.00 bits per heavy atom. The average Bonchev–Trinajstić information content (AvgIpc) is 3.07. The predicted molar refractivity (Wildman–Crippen MR) is 88.5 cm³/mol. The first-order valence-electron chi connectivity index (χ1n) is 8.24. The van der Waals surface area contributed by atoms with Crippen LogP contribution in [0.2, 0.25) is 0 Å². The number of esters is 1. The number of rotatable bonds is 4. The van der Waals surface area contributed by atoms with E-state index >= 15 is 0 Å². The van der Waals surface area contributed by atoms with Crippen LogP contribution >= 0.6 is 0 Å². The molecule has 2 aliphatic rings. The Labute approximate surface area is 147 Å². The van der Waals surface area contributed by atoms with E-state index in [1.807, 2.05) is 0 Å². The lowest BCUT2D eigenvalue weighted by Crippen LogP contribution is -2.53. The van der Waals surface area contributed by atoms with Crippen molar-refractivity contribution in [1.29, 1.82) is 0 Å². The van der Waals surface area contributed by atoms with Crippen LogP contribution in [0.3, 0.4) is 0 Å². The molecule has 8 heteroatoms. The second kappa shape index (κ2) is 6.67. The van der Waals surface area contributed by atoms with Gasteiger partial charge in [0.2, 0.25) is 5.91 Å². The highest BCUT2D eigenvalue weighted by Crippen LogP contribution is 2.45. The van der Waals surface area contributed by atoms with Crippen molar-refractivity contribution < 1.29 is 29.0 Å². The number of methoxy groups -OCH3 is 1. The Morgan fingerprint density at radius 3 is 2.48 bits per heavy atom. The van der Waals surface area contributed by atoms with Crippen LogP contribution in [-0.2, 0) is 19.1 Å². The summed E-state index contributed by atoms with van der Waals surface area (Å²) in [6, 6.07) is -0.905. The van der Waals surface area contributed by atoms with E-state index in [1.54, 1.807) is 26.8 Å². The third-order valence-corrected chi connectivity index (χ3v) is 4.40. The number of likely N-dealkylation sites (tertiary alicyclic amines) is 1. The zero-order valence-corrected chi connectivity index (χ0v) is 15.1. The maximum Gasteiger partial charge on any atom is 0.411 e. The molecule has 1 heterocycles. The number of amides is 2. The van der Waals surface area contributed by atoms with E-state index in [0.717, 1.165) is 0 Å². The molecule has 0 aromatic rings. The lowest BCUT2D eigenvalue weighted by atomic mass is 10.1. The number of β-amino-alcohol motifs (C(OH)–C–C–N with tert-alkyl or cyclic N) is 1. The van der Waals surface area contributed by atoms with Crippen LogP contribution in [0.5, 0.6) is 0 Å². The summed E-state index contributed by atoms with van der Waals surface area (Å²) in [7, 11) is 1.25. The van der Waals surface area contributed by atoms with Gasteiger partial charge in [-0.05, 0) is 27.2 Å². The second-order valence-electron chi connectivity index (χ2n) is 7.54. The minimum absolute atomic E-state index is 0.00309. The summed E-state index contributed by atoms with van der Waals surface area (Å²) >= 11 is 0. The first kappa shape index (κ1) is 19.2. The number of aliphatic hydroxyl groups is 1. The molecule has 0 aromatic heterocycles. The summed E-state index contributed by atoms with van der Waals surface area (Å²) in [5.41, 5.74) is -1.86. The summed E-state index contributed by atoms with van der Waals surface area (Å²) in [6.07, 6.45) is 0.573. The van der Waals surface area contributed by atoms with Gasteiger partial charge in [-0.15, -0.1) is 6.58 Å². The van der Waals surface area contributed by atoms with Gasteiger partial charge in [0.25, 0.3) is 0 Å². The van der Waals surface area contributed by atoms with Crippen LogP contribution in [0.15, 0.2) is 12.7 Å². The molecule has 0 aromatic carbocycles. The fourth-order valence-corrected chi connectivity index (χ4v) is 3.07.